The highest BCUT2D eigenvalue weighted by Crippen LogP contribution is 2.44. The Bertz CT molecular complexity index is 8050. The highest BCUT2D eigenvalue weighted by Gasteiger charge is 2.24. The minimum absolute atomic E-state index is 0.271. The van der Waals surface area contributed by atoms with Gasteiger partial charge >= 0.3 is 0 Å². The van der Waals surface area contributed by atoms with Crippen molar-refractivity contribution in [3.63, 3.8) is 0 Å². The van der Waals surface area contributed by atoms with Gasteiger partial charge in [0, 0.05) is 108 Å². The Balaban J connectivity index is 0.000000107. The summed E-state index contributed by atoms with van der Waals surface area (Å²) in [5, 5.41) is 21.9. The van der Waals surface area contributed by atoms with Crippen LogP contribution < -0.4 is 0 Å². The third-order valence-corrected chi connectivity index (χ3v) is 35.1. The Hall–Kier alpha value is -12.7. The molecule has 0 atom stereocenters. The lowest BCUT2D eigenvalue weighted by Crippen LogP contribution is -1.96. The third kappa shape index (κ3) is 28.1. The summed E-state index contributed by atoms with van der Waals surface area (Å²) in [6, 6.07) is 89.5. The van der Waals surface area contributed by atoms with Gasteiger partial charge in [-0.25, -0.2) is 102 Å². The molecule has 0 bridgehead atoms. The zero-order chi connectivity index (χ0) is 101. The van der Waals surface area contributed by atoms with Crippen LogP contribution in [0.2, 0.25) is 5.02 Å². The SMILES string of the molecule is Brc1ccc2ncnc(SC3CCCC3)c2c1.Clc1ccc2ncnc(SC3CCCC3)c2c1.Cn1ccnc1Sc1ncnc2ccc(F)cc12.Fc1ccc2ncnc(Sc3cccc4ccccc34)c2c1.Fc1ccc2ncnc(Sc3ccccc3)c2c1.Fc1ccc2ncnc(Sc3ccccc3)c2c1.c1ccc(-c2ccc3ncnc(SC4CCCC4)c3c2)cc1.c1ccc2c(SC3CCCC3)ncnc2c1. The van der Waals surface area contributed by atoms with Crippen LogP contribution in [-0.4, -0.2) is 110 Å². The van der Waals surface area contributed by atoms with Gasteiger partial charge in [0.05, 0.1) is 44.1 Å². The molecule has 4 fully saturated rings. The fraction of sp³-hybridized carbons (Fsp3) is 0.181. The van der Waals surface area contributed by atoms with Crippen LogP contribution in [0.15, 0.2) is 413 Å². The van der Waals surface area contributed by atoms with Gasteiger partial charge in [-0.15, -0.1) is 47.0 Å². The van der Waals surface area contributed by atoms with Gasteiger partial charge in [0.1, 0.15) is 114 Å². The van der Waals surface area contributed by atoms with Crippen molar-refractivity contribution in [3.8, 4) is 11.1 Å². The number of imidazole rings is 1. The second kappa shape index (κ2) is 52.0. The maximum Gasteiger partial charge on any atom is 0.174 e. The molecule has 4 aliphatic carbocycles. The Morgan fingerprint density at radius 1 is 0.264 bits per heavy atom. The number of nitrogens with zero attached hydrogens (tertiary/aromatic N) is 18. The van der Waals surface area contributed by atoms with Crippen LogP contribution in [0.4, 0.5) is 17.6 Å². The molecule has 0 unspecified atom stereocenters. The lowest BCUT2D eigenvalue weighted by molar-refractivity contribution is 0.629. The number of hydrogen-bond donors (Lipinski definition) is 0. The fourth-order valence-corrected chi connectivity index (χ4v) is 26.7. The van der Waals surface area contributed by atoms with Gasteiger partial charge in [-0.2, -0.15) is 0 Å². The topological polar surface area (TPSA) is 224 Å². The summed E-state index contributed by atoms with van der Waals surface area (Å²) in [4.78, 5) is 76.2. The van der Waals surface area contributed by atoms with E-state index in [4.69, 9.17) is 11.6 Å². The minimum Gasteiger partial charge on any atom is -0.329 e. The van der Waals surface area contributed by atoms with E-state index < -0.39 is 0 Å². The molecule has 9 aromatic heterocycles. The number of aromatic nitrogens is 18. The molecular weight excluding hydrogens is 2090 g/mol. The van der Waals surface area contributed by atoms with Crippen LogP contribution >= 0.6 is 122 Å². The average Bonchev–Trinajstić information content (AvgIpc) is 1.09. The molecule has 0 saturated heterocycles. The quantitative estimate of drug-likeness (QED) is 0.0610. The number of rotatable bonds is 17. The zero-order valence-electron chi connectivity index (χ0n) is 80.1. The van der Waals surface area contributed by atoms with Crippen LogP contribution in [0, 0.1) is 23.3 Å². The molecule has 0 N–H and O–H groups in total. The Morgan fingerprint density at radius 3 is 1.00 bits per heavy atom. The predicted octanol–water partition coefficient (Wildman–Crippen LogP) is 33.3. The summed E-state index contributed by atoms with van der Waals surface area (Å²) < 4.78 is 56.4. The number of thioether (sulfide) groups is 4. The van der Waals surface area contributed by atoms with E-state index in [1.54, 1.807) is 55.8 Å². The molecule has 18 nitrogen and oxygen atoms in total. The van der Waals surface area contributed by atoms with Crippen molar-refractivity contribution in [2.45, 2.75) is 184 Å². The van der Waals surface area contributed by atoms with Crippen molar-refractivity contribution in [2.75, 3.05) is 0 Å². The van der Waals surface area contributed by atoms with E-state index in [1.807, 2.05) is 180 Å². The first-order valence-corrected chi connectivity index (χ1v) is 56.5. The highest BCUT2D eigenvalue weighted by atomic mass is 79.9. The van der Waals surface area contributed by atoms with Crippen LogP contribution in [0.5, 0.6) is 0 Å². The molecule has 13 aromatic carbocycles. The molecule has 0 amide bonds. The number of para-hydroxylation sites is 1. The minimum atomic E-state index is -0.293. The van der Waals surface area contributed by atoms with Gasteiger partial charge in [0.15, 0.2) is 5.16 Å². The Morgan fingerprint density at radius 2 is 0.581 bits per heavy atom. The summed E-state index contributed by atoms with van der Waals surface area (Å²) in [6.07, 6.45) is 37.7. The van der Waals surface area contributed by atoms with Gasteiger partial charge in [-0.3, -0.25) is 0 Å². The van der Waals surface area contributed by atoms with E-state index in [0.717, 1.165) is 151 Å². The maximum absolute atomic E-state index is 13.5. The lowest BCUT2D eigenvalue weighted by Gasteiger charge is -2.11. The standard InChI is InChI=1S/C19H18N2S.C18H11FN2S.2C14H9FN2S.C13H13BrN2S.C13H13ClN2S.C13H14N2S.C12H9FN4S/c1-2-6-14(7-3-1)15-10-11-18-17(12-15)19(21-13-20-18)22-16-8-4-5-9-16;19-13-8-9-16-15(10-13)18(21-11-20-16)22-17-7-3-5-12-4-1-2-6-14(12)17;2*15-10-6-7-13-12(8-10)14(17-9-16-13)18-11-4-2-1-3-5-11;2*14-9-5-6-12-11(7-9)13(16-8-15-12)17-10-3-1-2-4-10;1-2-6-10(5-1)16-13-11-7-3-4-8-12(11)14-9-15-13;1-17-5-4-14-12(17)18-11-9-6-8(13)2-3-10(9)15-7-16-11/h1-3,6-7,10-13,16H,4-5,8-9H2;1-11H;2*1-9H;2*5-8,10H,1-4H2;3-4,7-10H,1-2,5-6H2;2-7H,1H3. The van der Waals surface area contributed by atoms with E-state index in [-0.39, 0.29) is 23.3 Å². The second-order valence-corrected chi connectivity index (χ2v) is 45.6. The molecule has 740 valence electrons. The van der Waals surface area contributed by atoms with Crippen molar-refractivity contribution < 1.29 is 17.6 Å². The summed E-state index contributed by atoms with van der Waals surface area (Å²) in [6.45, 7) is 0. The molecule has 26 rings (SSSR count). The summed E-state index contributed by atoms with van der Waals surface area (Å²) in [5.74, 6) is -1.11. The first-order chi connectivity index (χ1) is 72.7. The van der Waals surface area contributed by atoms with Gasteiger partial charge in [0.2, 0.25) is 0 Å². The second-order valence-electron chi connectivity index (χ2n) is 34.9. The third-order valence-electron chi connectivity index (χ3n) is 24.7. The van der Waals surface area contributed by atoms with E-state index >= 15 is 0 Å². The summed E-state index contributed by atoms with van der Waals surface area (Å²) >= 11 is 23.2. The first kappa shape index (κ1) is 104. The molecule has 9 heterocycles. The van der Waals surface area contributed by atoms with Gasteiger partial charge in [-0.1, -0.05) is 242 Å². The molecule has 0 spiro atoms. The van der Waals surface area contributed by atoms with E-state index in [0.29, 0.717) is 15.7 Å². The normalized spacial score (nSPS) is 13.6. The van der Waals surface area contributed by atoms with Crippen molar-refractivity contribution in [3.05, 3.63) is 381 Å². The smallest absolute Gasteiger partial charge is 0.174 e. The summed E-state index contributed by atoms with van der Waals surface area (Å²) in [7, 11) is 1.90. The molecule has 148 heavy (non-hydrogen) atoms. The molecular formula is C116H96BrClF4N18S8. The first-order valence-electron chi connectivity index (χ1n) is 48.5. The van der Waals surface area contributed by atoms with Gasteiger partial charge < -0.3 is 4.57 Å². The Kier molecular flexibility index (Phi) is 36.5. The number of fused-ring (bicyclic) bond motifs is 9. The monoisotopic (exact) mass is 2190 g/mol. The van der Waals surface area contributed by atoms with Crippen molar-refractivity contribution in [1.29, 1.82) is 0 Å². The van der Waals surface area contributed by atoms with E-state index in [9.17, 15) is 17.6 Å². The summed E-state index contributed by atoms with van der Waals surface area (Å²) in [5.41, 5.74) is 9.56. The maximum atomic E-state index is 13.5. The van der Waals surface area contributed by atoms with Crippen LogP contribution in [-0.2, 0) is 7.05 Å². The average molecular weight is 2190 g/mol. The van der Waals surface area contributed by atoms with Crippen LogP contribution in [0.3, 0.4) is 0 Å². The fourth-order valence-electron chi connectivity index (χ4n) is 17.3. The molecule has 32 heteroatoms. The van der Waals surface area contributed by atoms with Crippen molar-refractivity contribution in [2.24, 2.45) is 7.05 Å². The molecule has 0 radical (unpaired) electrons. The van der Waals surface area contributed by atoms with E-state index in [1.165, 1.54) is 256 Å². The largest absolute Gasteiger partial charge is 0.329 e. The van der Waals surface area contributed by atoms with E-state index in [2.05, 4.69) is 198 Å². The van der Waals surface area contributed by atoms with Gasteiger partial charge in [0.25, 0.3) is 0 Å². The zero-order valence-corrected chi connectivity index (χ0v) is 89.0. The molecule has 0 aliphatic heterocycles. The lowest BCUT2D eigenvalue weighted by atomic mass is 10.0. The number of benzene rings is 13. The number of hydrogen-bond acceptors (Lipinski definition) is 25. The van der Waals surface area contributed by atoms with Crippen molar-refractivity contribution in [1.82, 2.24) is 89.3 Å². The number of aryl methyl sites for hydroxylation is 1. The van der Waals surface area contributed by atoms with Crippen LogP contribution in [0.1, 0.15) is 103 Å². The highest BCUT2D eigenvalue weighted by molar-refractivity contribution is 9.10. The molecule has 4 aliphatic rings. The van der Waals surface area contributed by atoms with Crippen molar-refractivity contribution >= 4 is 220 Å². The predicted molar refractivity (Wildman–Crippen MR) is 603 cm³/mol. The molecule has 4 saturated carbocycles. The van der Waals surface area contributed by atoms with Crippen LogP contribution in [0.25, 0.3) is 109 Å². The molecule has 22 aromatic rings. The number of halogens is 6. The van der Waals surface area contributed by atoms with Gasteiger partial charge in [-0.05, 0) is 243 Å². The Labute approximate surface area is 901 Å².